The van der Waals surface area contributed by atoms with E-state index in [4.69, 9.17) is 0 Å². The SMILES string of the molecule is CC(C)(C)c1c[nH]c(=O)cn1.[HH]. The number of nitrogens with one attached hydrogen (secondary N) is 1. The quantitative estimate of drug-likeness (QED) is 0.612. The Hall–Kier alpha value is -1.12. The number of H-pyrrole nitrogens is 1. The summed E-state index contributed by atoms with van der Waals surface area (Å²) in [6.07, 6.45) is 2.96. The maximum absolute atomic E-state index is 10.6. The van der Waals surface area contributed by atoms with Gasteiger partial charge in [0.15, 0.2) is 0 Å². The lowest BCUT2D eigenvalue weighted by molar-refractivity contribution is 0.564. The molecule has 3 heteroatoms. The number of aromatic amines is 1. The first-order valence-corrected chi connectivity index (χ1v) is 3.55. The number of nitrogens with zero attached hydrogens (tertiary/aromatic N) is 1. The van der Waals surface area contributed by atoms with Gasteiger partial charge in [-0.25, -0.2) is 0 Å². The second kappa shape index (κ2) is 2.49. The van der Waals surface area contributed by atoms with Crippen LogP contribution in [0.1, 0.15) is 27.9 Å². The molecule has 0 bridgehead atoms. The van der Waals surface area contributed by atoms with Crippen LogP contribution < -0.4 is 5.56 Å². The van der Waals surface area contributed by atoms with Gasteiger partial charge >= 0.3 is 0 Å². The normalized spacial score (nSPS) is 11.5. The lowest BCUT2D eigenvalue weighted by Gasteiger charge is -2.15. The number of aromatic nitrogens is 2. The number of rotatable bonds is 0. The van der Waals surface area contributed by atoms with Gasteiger partial charge in [-0.3, -0.25) is 9.78 Å². The molecule has 0 aliphatic carbocycles. The Bertz CT molecular complexity index is 280. The second-order valence-electron chi connectivity index (χ2n) is 3.55. The molecule has 0 aliphatic heterocycles. The predicted octanol–water partition coefficient (Wildman–Crippen LogP) is 1.31. The molecule has 0 radical (unpaired) electrons. The zero-order chi connectivity index (χ0) is 8.48. The molecule has 0 aromatic carbocycles. The maximum atomic E-state index is 10.6. The van der Waals surface area contributed by atoms with Gasteiger partial charge in [0.25, 0.3) is 5.56 Å². The van der Waals surface area contributed by atoms with Crippen molar-refractivity contribution in [3.63, 3.8) is 0 Å². The van der Waals surface area contributed by atoms with Gasteiger partial charge in [-0.2, -0.15) is 0 Å². The van der Waals surface area contributed by atoms with Crippen molar-refractivity contribution in [3.8, 4) is 0 Å². The minimum absolute atomic E-state index is 0. The average Bonchev–Trinajstić information content (AvgIpc) is 1.86. The van der Waals surface area contributed by atoms with E-state index >= 15 is 0 Å². The third kappa shape index (κ3) is 1.90. The Morgan fingerprint density at radius 2 is 2.18 bits per heavy atom. The minimum atomic E-state index is -0.155. The Kier molecular flexibility index (Phi) is 1.81. The van der Waals surface area contributed by atoms with Crippen molar-refractivity contribution in [2.75, 3.05) is 0 Å². The standard InChI is InChI=1S/C8H12N2O.H2/c1-8(2,3)6-4-10-7(11)5-9-6;/h4-5H,1-3H3,(H,10,11);1H. The molecule has 62 valence electrons. The van der Waals surface area contributed by atoms with E-state index in [9.17, 15) is 4.79 Å². The van der Waals surface area contributed by atoms with Crippen LogP contribution in [0.25, 0.3) is 0 Å². The minimum Gasteiger partial charge on any atom is -0.326 e. The fourth-order valence-corrected chi connectivity index (χ4v) is 0.752. The van der Waals surface area contributed by atoms with Crippen molar-refractivity contribution in [2.45, 2.75) is 26.2 Å². The van der Waals surface area contributed by atoms with Gasteiger partial charge in [0.1, 0.15) is 0 Å². The van der Waals surface area contributed by atoms with Crippen molar-refractivity contribution >= 4 is 0 Å². The summed E-state index contributed by atoms with van der Waals surface area (Å²) in [5.74, 6) is 0. The largest absolute Gasteiger partial charge is 0.326 e. The molecule has 1 heterocycles. The average molecular weight is 154 g/mol. The number of hydrogen-bond donors (Lipinski definition) is 1. The summed E-state index contributed by atoms with van der Waals surface area (Å²) in [5.41, 5.74) is 0.750. The third-order valence-electron chi connectivity index (χ3n) is 1.44. The van der Waals surface area contributed by atoms with Gasteiger partial charge in [0.2, 0.25) is 0 Å². The first-order valence-electron chi connectivity index (χ1n) is 3.55. The Labute approximate surface area is 67.0 Å². The molecule has 0 spiro atoms. The van der Waals surface area contributed by atoms with Crippen LogP contribution in [0.2, 0.25) is 0 Å². The van der Waals surface area contributed by atoms with E-state index in [2.05, 4.69) is 9.97 Å². The van der Waals surface area contributed by atoms with Crippen molar-refractivity contribution in [2.24, 2.45) is 0 Å². The highest BCUT2D eigenvalue weighted by Crippen LogP contribution is 2.16. The monoisotopic (exact) mass is 154 g/mol. The van der Waals surface area contributed by atoms with E-state index in [1.165, 1.54) is 6.20 Å². The van der Waals surface area contributed by atoms with Gasteiger partial charge in [-0.1, -0.05) is 20.8 Å². The van der Waals surface area contributed by atoms with Gasteiger partial charge in [-0.05, 0) is 0 Å². The van der Waals surface area contributed by atoms with Gasteiger partial charge < -0.3 is 4.98 Å². The van der Waals surface area contributed by atoms with Gasteiger partial charge in [0.05, 0.1) is 11.9 Å². The molecule has 1 N–H and O–H groups in total. The van der Waals surface area contributed by atoms with Gasteiger partial charge in [-0.15, -0.1) is 0 Å². The van der Waals surface area contributed by atoms with Crippen LogP contribution in [0.15, 0.2) is 17.2 Å². The lowest BCUT2D eigenvalue weighted by Crippen LogP contribution is -2.17. The lowest BCUT2D eigenvalue weighted by atomic mass is 9.93. The van der Waals surface area contributed by atoms with Crippen molar-refractivity contribution < 1.29 is 1.43 Å². The Morgan fingerprint density at radius 3 is 2.55 bits per heavy atom. The molecule has 1 aromatic rings. The molecule has 0 saturated heterocycles. The van der Waals surface area contributed by atoms with Crippen molar-refractivity contribution in [1.82, 2.24) is 9.97 Å². The molecular weight excluding hydrogens is 140 g/mol. The molecule has 0 atom stereocenters. The Morgan fingerprint density at radius 1 is 1.55 bits per heavy atom. The summed E-state index contributed by atoms with van der Waals surface area (Å²) in [5, 5.41) is 0. The van der Waals surface area contributed by atoms with Crippen LogP contribution in [0.4, 0.5) is 0 Å². The molecule has 3 nitrogen and oxygen atoms in total. The molecule has 0 fully saturated rings. The van der Waals surface area contributed by atoms with Crippen LogP contribution in [0.3, 0.4) is 0 Å². The zero-order valence-corrected chi connectivity index (χ0v) is 7.01. The number of hydrogen-bond acceptors (Lipinski definition) is 2. The topological polar surface area (TPSA) is 45.8 Å². The van der Waals surface area contributed by atoms with E-state index in [1.54, 1.807) is 6.20 Å². The Balaban J connectivity index is 0.00000121. The molecule has 0 amide bonds. The summed E-state index contributed by atoms with van der Waals surface area (Å²) in [4.78, 5) is 17.2. The molecule has 0 saturated carbocycles. The highest BCUT2D eigenvalue weighted by atomic mass is 16.1. The van der Waals surface area contributed by atoms with E-state index in [-0.39, 0.29) is 12.4 Å². The van der Waals surface area contributed by atoms with Crippen molar-refractivity contribution in [3.05, 3.63) is 28.4 Å². The molecule has 1 aromatic heterocycles. The second-order valence-corrected chi connectivity index (χ2v) is 3.55. The highest BCUT2D eigenvalue weighted by molar-refractivity contribution is 5.07. The van der Waals surface area contributed by atoms with Crippen LogP contribution in [0.5, 0.6) is 0 Å². The third-order valence-corrected chi connectivity index (χ3v) is 1.44. The van der Waals surface area contributed by atoms with Crippen LogP contribution in [0, 0.1) is 0 Å². The van der Waals surface area contributed by atoms with Crippen molar-refractivity contribution in [1.29, 1.82) is 0 Å². The summed E-state index contributed by atoms with van der Waals surface area (Å²) in [7, 11) is 0. The predicted molar refractivity (Wildman–Crippen MR) is 45.7 cm³/mol. The van der Waals surface area contributed by atoms with E-state index in [1.807, 2.05) is 20.8 Å². The summed E-state index contributed by atoms with van der Waals surface area (Å²) >= 11 is 0. The van der Waals surface area contributed by atoms with E-state index in [0.29, 0.717) is 0 Å². The maximum Gasteiger partial charge on any atom is 0.266 e. The molecule has 1 rings (SSSR count). The first kappa shape index (κ1) is 7.98. The van der Waals surface area contributed by atoms with Crippen LogP contribution in [-0.4, -0.2) is 9.97 Å². The first-order chi connectivity index (χ1) is 5.00. The van der Waals surface area contributed by atoms with Crippen LogP contribution >= 0.6 is 0 Å². The fourth-order valence-electron chi connectivity index (χ4n) is 0.752. The summed E-state index contributed by atoms with van der Waals surface area (Å²) < 4.78 is 0. The molecule has 11 heavy (non-hydrogen) atoms. The molecule has 0 aliphatic rings. The molecular formula is C8H14N2O. The van der Waals surface area contributed by atoms with Crippen LogP contribution in [-0.2, 0) is 5.41 Å². The van der Waals surface area contributed by atoms with Gasteiger partial charge in [0, 0.05) is 13.0 Å². The fraction of sp³-hybridized carbons (Fsp3) is 0.500. The zero-order valence-electron chi connectivity index (χ0n) is 7.01. The molecule has 0 unspecified atom stereocenters. The summed E-state index contributed by atoms with van der Waals surface area (Å²) in [6.45, 7) is 6.15. The van der Waals surface area contributed by atoms with E-state index in [0.717, 1.165) is 5.69 Å². The van der Waals surface area contributed by atoms with E-state index < -0.39 is 0 Å². The summed E-state index contributed by atoms with van der Waals surface area (Å²) in [6, 6.07) is 0. The smallest absolute Gasteiger partial charge is 0.266 e. The highest BCUT2D eigenvalue weighted by Gasteiger charge is 2.14.